The molecule has 0 aliphatic heterocycles. The summed E-state index contributed by atoms with van der Waals surface area (Å²) in [6.45, 7) is 4.34. The van der Waals surface area contributed by atoms with Crippen LogP contribution in [0.3, 0.4) is 0 Å². The highest BCUT2D eigenvalue weighted by molar-refractivity contribution is 7.98. The molecule has 0 saturated carbocycles. The maximum Gasteiger partial charge on any atom is 0.0534 e. The summed E-state index contributed by atoms with van der Waals surface area (Å²) in [5.74, 6) is 0. The second-order valence-corrected chi connectivity index (χ2v) is 5.29. The van der Waals surface area contributed by atoms with Gasteiger partial charge in [-0.05, 0) is 37.8 Å². The van der Waals surface area contributed by atoms with Gasteiger partial charge in [-0.15, -0.1) is 11.8 Å². The van der Waals surface area contributed by atoms with Crippen molar-refractivity contribution in [2.75, 3.05) is 6.26 Å². The van der Waals surface area contributed by atoms with Gasteiger partial charge in [-0.1, -0.05) is 12.1 Å². The zero-order valence-corrected chi connectivity index (χ0v) is 11.8. The molecule has 2 rings (SSSR count). The number of aromatic amines is 1. The number of thioether (sulfide) groups is 1. The first-order chi connectivity index (χ1) is 8.70. The molecule has 96 valence electrons. The van der Waals surface area contributed by atoms with E-state index in [2.05, 4.69) is 59.9 Å². The van der Waals surface area contributed by atoms with Crippen LogP contribution in [-0.4, -0.2) is 16.5 Å². The van der Waals surface area contributed by atoms with Crippen LogP contribution in [0.5, 0.6) is 0 Å². The SMILES string of the molecule is CSc1ccc(C(C)NC(C)c2cn[nH]c2)cc1. The van der Waals surface area contributed by atoms with Crippen LogP contribution in [0.25, 0.3) is 0 Å². The first-order valence-corrected chi connectivity index (χ1v) is 7.32. The second kappa shape index (κ2) is 6.07. The Labute approximate surface area is 112 Å². The van der Waals surface area contributed by atoms with E-state index in [0.717, 1.165) is 0 Å². The summed E-state index contributed by atoms with van der Waals surface area (Å²) < 4.78 is 0. The van der Waals surface area contributed by atoms with Gasteiger partial charge in [0.15, 0.2) is 0 Å². The molecule has 2 unspecified atom stereocenters. The van der Waals surface area contributed by atoms with Gasteiger partial charge in [0, 0.05) is 28.7 Å². The zero-order chi connectivity index (χ0) is 13.0. The van der Waals surface area contributed by atoms with E-state index in [1.807, 2.05) is 12.4 Å². The molecule has 0 amide bonds. The van der Waals surface area contributed by atoms with Crippen LogP contribution in [0.4, 0.5) is 0 Å². The maximum absolute atomic E-state index is 3.98. The smallest absolute Gasteiger partial charge is 0.0534 e. The molecule has 0 fully saturated rings. The van der Waals surface area contributed by atoms with Gasteiger partial charge in [0.2, 0.25) is 0 Å². The lowest BCUT2D eigenvalue weighted by Gasteiger charge is -2.19. The molecule has 0 spiro atoms. The van der Waals surface area contributed by atoms with Gasteiger partial charge >= 0.3 is 0 Å². The standard InChI is InChI=1S/C14H19N3S/c1-10(12-4-6-14(18-3)7-5-12)17-11(2)13-8-15-16-9-13/h4-11,17H,1-3H3,(H,15,16). The van der Waals surface area contributed by atoms with Gasteiger partial charge in [-0.25, -0.2) is 0 Å². The average molecular weight is 261 g/mol. The Balaban J connectivity index is 2.00. The Hall–Kier alpha value is -1.26. The van der Waals surface area contributed by atoms with E-state index < -0.39 is 0 Å². The largest absolute Gasteiger partial charge is 0.304 e. The number of nitrogens with one attached hydrogen (secondary N) is 2. The molecule has 18 heavy (non-hydrogen) atoms. The second-order valence-electron chi connectivity index (χ2n) is 4.41. The van der Waals surface area contributed by atoms with Crippen LogP contribution in [-0.2, 0) is 0 Å². The summed E-state index contributed by atoms with van der Waals surface area (Å²) in [5, 5.41) is 10.4. The van der Waals surface area contributed by atoms with Crippen molar-refractivity contribution in [3.63, 3.8) is 0 Å². The van der Waals surface area contributed by atoms with Gasteiger partial charge in [-0.3, -0.25) is 5.10 Å². The molecular weight excluding hydrogens is 242 g/mol. The summed E-state index contributed by atoms with van der Waals surface area (Å²) in [4.78, 5) is 1.30. The lowest BCUT2D eigenvalue weighted by atomic mass is 10.1. The number of hydrogen-bond donors (Lipinski definition) is 2. The van der Waals surface area contributed by atoms with E-state index in [1.54, 1.807) is 11.8 Å². The third-order valence-corrected chi connectivity index (χ3v) is 3.88. The molecule has 2 N–H and O–H groups in total. The Morgan fingerprint density at radius 1 is 1.11 bits per heavy atom. The highest BCUT2D eigenvalue weighted by Crippen LogP contribution is 2.21. The van der Waals surface area contributed by atoms with Crippen molar-refractivity contribution in [3.05, 3.63) is 47.8 Å². The molecule has 2 aromatic rings. The summed E-state index contributed by atoms with van der Waals surface area (Å²) in [7, 11) is 0. The summed E-state index contributed by atoms with van der Waals surface area (Å²) in [6, 6.07) is 9.32. The van der Waals surface area contributed by atoms with E-state index in [4.69, 9.17) is 0 Å². The minimum absolute atomic E-state index is 0.291. The van der Waals surface area contributed by atoms with Crippen molar-refractivity contribution < 1.29 is 0 Å². The van der Waals surface area contributed by atoms with Crippen LogP contribution in [0, 0.1) is 0 Å². The highest BCUT2D eigenvalue weighted by atomic mass is 32.2. The monoisotopic (exact) mass is 261 g/mol. The van der Waals surface area contributed by atoms with E-state index in [0.29, 0.717) is 12.1 Å². The molecule has 0 bridgehead atoms. The maximum atomic E-state index is 3.98. The minimum Gasteiger partial charge on any atom is -0.304 e. The Kier molecular flexibility index (Phi) is 4.44. The summed E-state index contributed by atoms with van der Waals surface area (Å²) >= 11 is 1.77. The van der Waals surface area contributed by atoms with Crippen molar-refractivity contribution in [2.45, 2.75) is 30.8 Å². The molecule has 3 nitrogen and oxygen atoms in total. The normalized spacial score (nSPS) is 14.4. The molecule has 1 aromatic heterocycles. The fourth-order valence-electron chi connectivity index (χ4n) is 1.96. The number of nitrogens with zero attached hydrogens (tertiary/aromatic N) is 1. The van der Waals surface area contributed by atoms with Crippen LogP contribution in [0.1, 0.15) is 37.1 Å². The van der Waals surface area contributed by atoms with Crippen molar-refractivity contribution in [3.8, 4) is 0 Å². The number of benzene rings is 1. The molecule has 1 heterocycles. The van der Waals surface area contributed by atoms with Gasteiger partial charge in [0.1, 0.15) is 0 Å². The van der Waals surface area contributed by atoms with Gasteiger partial charge < -0.3 is 5.32 Å². The number of aromatic nitrogens is 2. The minimum atomic E-state index is 0.291. The number of H-pyrrole nitrogens is 1. The molecular formula is C14H19N3S. The van der Waals surface area contributed by atoms with Crippen molar-refractivity contribution >= 4 is 11.8 Å². The topological polar surface area (TPSA) is 40.7 Å². The molecule has 0 aliphatic rings. The highest BCUT2D eigenvalue weighted by Gasteiger charge is 2.11. The van der Waals surface area contributed by atoms with E-state index in [-0.39, 0.29) is 0 Å². The average Bonchev–Trinajstić information content (AvgIpc) is 2.92. The van der Waals surface area contributed by atoms with Gasteiger partial charge in [0.05, 0.1) is 6.20 Å². The summed E-state index contributed by atoms with van der Waals surface area (Å²) in [6.07, 6.45) is 5.89. The Bertz CT molecular complexity index is 464. The van der Waals surface area contributed by atoms with Gasteiger partial charge in [0.25, 0.3) is 0 Å². The van der Waals surface area contributed by atoms with Crippen LogP contribution in [0.2, 0.25) is 0 Å². The molecule has 0 radical (unpaired) electrons. The van der Waals surface area contributed by atoms with Crippen LogP contribution >= 0.6 is 11.8 Å². The van der Waals surface area contributed by atoms with E-state index in [9.17, 15) is 0 Å². The molecule has 0 saturated heterocycles. The van der Waals surface area contributed by atoms with Crippen molar-refractivity contribution in [2.24, 2.45) is 0 Å². The first kappa shape index (κ1) is 13.2. The van der Waals surface area contributed by atoms with Crippen molar-refractivity contribution in [1.29, 1.82) is 0 Å². The third-order valence-electron chi connectivity index (χ3n) is 3.14. The van der Waals surface area contributed by atoms with Crippen molar-refractivity contribution in [1.82, 2.24) is 15.5 Å². The fourth-order valence-corrected chi connectivity index (χ4v) is 2.37. The fraction of sp³-hybridized carbons (Fsp3) is 0.357. The van der Waals surface area contributed by atoms with E-state index >= 15 is 0 Å². The Morgan fingerprint density at radius 3 is 2.33 bits per heavy atom. The quantitative estimate of drug-likeness (QED) is 0.809. The lowest BCUT2D eigenvalue weighted by molar-refractivity contribution is 0.494. The predicted octanol–water partition coefficient (Wildman–Crippen LogP) is 3.54. The predicted molar refractivity (Wildman–Crippen MR) is 76.8 cm³/mol. The number of hydrogen-bond acceptors (Lipinski definition) is 3. The summed E-state index contributed by atoms with van der Waals surface area (Å²) in [5.41, 5.74) is 2.49. The van der Waals surface area contributed by atoms with Crippen LogP contribution < -0.4 is 5.32 Å². The van der Waals surface area contributed by atoms with Gasteiger partial charge in [-0.2, -0.15) is 5.10 Å². The molecule has 4 heteroatoms. The van der Waals surface area contributed by atoms with Crippen LogP contribution in [0.15, 0.2) is 41.6 Å². The third kappa shape index (κ3) is 3.15. The zero-order valence-electron chi connectivity index (χ0n) is 11.0. The molecule has 1 aromatic carbocycles. The molecule has 0 aliphatic carbocycles. The molecule has 2 atom stereocenters. The Morgan fingerprint density at radius 2 is 1.78 bits per heavy atom. The first-order valence-electron chi connectivity index (χ1n) is 6.09. The lowest BCUT2D eigenvalue weighted by Crippen LogP contribution is -2.22. The number of rotatable bonds is 5. The van der Waals surface area contributed by atoms with E-state index in [1.165, 1.54) is 16.0 Å².